The Hall–Kier alpha value is -1.68. The summed E-state index contributed by atoms with van der Waals surface area (Å²) in [5.41, 5.74) is 1.40. The Morgan fingerprint density at radius 3 is 2.24 bits per heavy atom. The fourth-order valence-electron chi connectivity index (χ4n) is 5.14. The number of carbonyl (C=O) groups excluding carboxylic acids is 1. The van der Waals surface area contributed by atoms with E-state index in [4.69, 9.17) is 4.74 Å². The molecule has 1 N–H and O–H groups in total. The molecule has 0 aliphatic carbocycles. The van der Waals surface area contributed by atoms with E-state index >= 15 is 0 Å². The van der Waals surface area contributed by atoms with Gasteiger partial charge in [0.2, 0.25) is 5.91 Å². The van der Waals surface area contributed by atoms with Gasteiger partial charge in [0.25, 0.3) is 0 Å². The number of hydrogen-bond acceptors (Lipinski definition) is 7. The van der Waals surface area contributed by atoms with Crippen LogP contribution < -0.4 is 10.1 Å². The lowest BCUT2D eigenvalue weighted by atomic mass is 10.0. The third-order valence-corrected chi connectivity index (χ3v) is 9.87. The highest BCUT2D eigenvalue weighted by molar-refractivity contribution is 7.92. The van der Waals surface area contributed by atoms with Crippen LogP contribution in [0.3, 0.4) is 0 Å². The summed E-state index contributed by atoms with van der Waals surface area (Å²) in [5.74, 6) is 0.759. The lowest BCUT2D eigenvalue weighted by molar-refractivity contribution is -0.132. The van der Waals surface area contributed by atoms with Crippen LogP contribution in [0.2, 0.25) is 0 Å². The highest BCUT2D eigenvalue weighted by atomic mass is 32.2. The Bertz CT molecular complexity index is 913. The number of carbonyl (C=O) groups is 1. The average Bonchev–Trinajstić information content (AvgIpc) is 2.81. The summed E-state index contributed by atoms with van der Waals surface area (Å²) >= 11 is 0. The Labute approximate surface area is 205 Å². The zero-order valence-electron chi connectivity index (χ0n) is 21.5. The summed E-state index contributed by atoms with van der Waals surface area (Å²) in [6, 6.07) is 4.17. The van der Waals surface area contributed by atoms with Crippen molar-refractivity contribution in [1.82, 2.24) is 20.0 Å². The average molecular weight is 495 g/mol. The van der Waals surface area contributed by atoms with Gasteiger partial charge in [0.15, 0.2) is 9.84 Å². The summed E-state index contributed by atoms with van der Waals surface area (Å²) in [6.07, 6.45) is 2.87. The molecule has 0 aromatic heterocycles. The van der Waals surface area contributed by atoms with E-state index in [-0.39, 0.29) is 12.5 Å². The first kappa shape index (κ1) is 26.9. The number of nitrogens with one attached hydrogen (secondary N) is 1. The molecule has 2 aliphatic rings. The van der Waals surface area contributed by atoms with Gasteiger partial charge in [-0.1, -0.05) is 0 Å². The molecule has 2 aliphatic heterocycles. The van der Waals surface area contributed by atoms with Crippen molar-refractivity contribution in [2.45, 2.75) is 56.2 Å². The number of benzene rings is 1. The maximum atomic E-state index is 13.2. The standard InChI is InChI=1S/C25H42N4O4S/c1-19-16-23(33-5)17-20(2)25(19)34(31,32)21(3)6-9-26-18-24(30)29-14-12-28(13-15-29)22-7-10-27(4)11-8-22/h16-17,21-22,26H,6-15,18H2,1-5H3. The zero-order chi connectivity index (χ0) is 24.9. The van der Waals surface area contributed by atoms with Crippen LogP contribution in [0.5, 0.6) is 5.75 Å². The van der Waals surface area contributed by atoms with Crippen molar-refractivity contribution in [3.63, 3.8) is 0 Å². The normalized spacial score (nSPS) is 19.9. The van der Waals surface area contributed by atoms with E-state index in [0.29, 0.717) is 40.8 Å². The van der Waals surface area contributed by atoms with Gasteiger partial charge < -0.3 is 19.9 Å². The third-order valence-electron chi connectivity index (χ3n) is 7.36. The van der Waals surface area contributed by atoms with Gasteiger partial charge in [0, 0.05) is 32.2 Å². The molecule has 3 rings (SSSR count). The highest BCUT2D eigenvalue weighted by Crippen LogP contribution is 2.29. The fraction of sp³-hybridized carbons (Fsp3) is 0.720. The van der Waals surface area contributed by atoms with Gasteiger partial charge in [-0.25, -0.2) is 8.42 Å². The van der Waals surface area contributed by atoms with Crippen LogP contribution in [-0.2, 0) is 14.6 Å². The second-order valence-electron chi connectivity index (χ2n) is 9.86. The molecular weight excluding hydrogens is 452 g/mol. The van der Waals surface area contributed by atoms with E-state index in [1.54, 1.807) is 40.0 Å². The molecule has 1 unspecified atom stereocenters. The number of piperazine rings is 1. The van der Waals surface area contributed by atoms with Crippen molar-refractivity contribution >= 4 is 15.7 Å². The molecule has 2 fully saturated rings. The van der Waals surface area contributed by atoms with Crippen LogP contribution in [0, 0.1) is 13.8 Å². The first-order valence-corrected chi connectivity index (χ1v) is 14.0. The molecule has 192 valence electrons. The molecule has 9 heteroatoms. The lowest BCUT2D eigenvalue weighted by Gasteiger charge is -2.42. The minimum absolute atomic E-state index is 0.0976. The van der Waals surface area contributed by atoms with Gasteiger partial charge in [0.1, 0.15) is 5.75 Å². The van der Waals surface area contributed by atoms with Crippen LogP contribution in [0.1, 0.15) is 37.3 Å². The van der Waals surface area contributed by atoms with Crippen molar-refractivity contribution in [2.75, 3.05) is 66.5 Å². The maximum absolute atomic E-state index is 13.2. The molecule has 1 amide bonds. The minimum atomic E-state index is -3.47. The Morgan fingerprint density at radius 1 is 1.09 bits per heavy atom. The number of sulfone groups is 1. The van der Waals surface area contributed by atoms with Crippen molar-refractivity contribution in [3.05, 3.63) is 23.3 Å². The third kappa shape index (κ3) is 6.50. The number of ether oxygens (including phenoxy) is 1. The zero-order valence-corrected chi connectivity index (χ0v) is 22.3. The SMILES string of the molecule is COc1cc(C)c(S(=O)(=O)C(C)CCNCC(=O)N2CCN(C3CCN(C)CC3)CC2)c(C)c1. The van der Waals surface area contributed by atoms with Crippen molar-refractivity contribution < 1.29 is 17.9 Å². The van der Waals surface area contributed by atoms with Crippen LogP contribution in [0.4, 0.5) is 0 Å². The molecule has 34 heavy (non-hydrogen) atoms. The first-order chi connectivity index (χ1) is 16.1. The summed E-state index contributed by atoms with van der Waals surface area (Å²) in [7, 11) is 0.288. The number of hydrogen-bond donors (Lipinski definition) is 1. The van der Waals surface area contributed by atoms with Gasteiger partial charge in [-0.15, -0.1) is 0 Å². The van der Waals surface area contributed by atoms with Crippen molar-refractivity contribution in [1.29, 1.82) is 0 Å². The van der Waals surface area contributed by atoms with E-state index < -0.39 is 15.1 Å². The van der Waals surface area contributed by atoms with Gasteiger partial charge in [-0.05, 0) is 90.0 Å². The van der Waals surface area contributed by atoms with Crippen molar-refractivity contribution in [3.8, 4) is 5.75 Å². The number of rotatable bonds is 9. The van der Waals surface area contributed by atoms with Crippen LogP contribution >= 0.6 is 0 Å². The molecule has 2 heterocycles. The van der Waals surface area contributed by atoms with E-state index in [0.717, 1.165) is 39.3 Å². The largest absolute Gasteiger partial charge is 0.497 e. The second-order valence-corrected chi connectivity index (χ2v) is 12.2. The summed E-state index contributed by atoms with van der Waals surface area (Å²) < 4.78 is 31.6. The highest BCUT2D eigenvalue weighted by Gasteiger charge is 2.29. The van der Waals surface area contributed by atoms with Gasteiger partial charge >= 0.3 is 0 Å². The topological polar surface area (TPSA) is 82.2 Å². The molecule has 1 aromatic carbocycles. The Kier molecular flexibility index (Phi) is 9.37. The summed E-state index contributed by atoms with van der Waals surface area (Å²) in [5, 5.41) is 2.63. The molecular formula is C25H42N4O4S. The fourth-order valence-corrected chi connectivity index (χ4v) is 6.99. The smallest absolute Gasteiger partial charge is 0.236 e. The summed E-state index contributed by atoms with van der Waals surface area (Å²) in [6.45, 7) is 11.8. The van der Waals surface area contributed by atoms with Crippen LogP contribution in [0.25, 0.3) is 0 Å². The van der Waals surface area contributed by atoms with Crippen LogP contribution in [-0.4, -0.2) is 107 Å². The molecule has 8 nitrogen and oxygen atoms in total. The molecule has 2 saturated heterocycles. The Balaban J connectivity index is 1.42. The van der Waals surface area contributed by atoms with Gasteiger partial charge in [-0.2, -0.15) is 0 Å². The number of amides is 1. The monoisotopic (exact) mass is 494 g/mol. The molecule has 1 atom stereocenters. The quantitative estimate of drug-likeness (QED) is 0.523. The maximum Gasteiger partial charge on any atom is 0.236 e. The lowest BCUT2D eigenvalue weighted by Crippen LogP contribution is -2.55. The minimum Gasteiger partial charge on any atom is -0.497 e. The number of nitrogens with zero attached hydrogens (tertiary/aromatic N) is 3. The number of aryl methyl sites for hydroxylation is 2. The predicted octanol–water partition coefficient (Wildman–Crippen LogP) is 1.69. The Morgan fingerprint density at radius 2 is 1.68 bits per heavy atom. The molecule has 0 spiro atoms. The van der Waals surface area contributed by atoms with E-state index in [1.807, 2.05) is 4.90 Å². The van der Waals surface area contributed by atoms with E-state index in [1.165, 1.54) is 12.8 Å². The predicted molar refractivity (Wildman–Crippen MR) is 135 cm³/mol. The van der Waals surface area contributed by atoms with Gasteiger partial charge in [-0.3, -0.25) is 9.69 Å². The molecule has 0 radical (unpaired) electrons. The number of methoxy groups -OCH3 is 1. The number of piperidine rings is 1. The summed E-state index contributed by atoms with van der Waals surface area (Å²) in [4.78, 5) is 19.9. The molecule has 0 saturated carbocycles. The molecule has 1 aromatic rings. The van der Waals surface area contributed by atoms with Crippen molar-refractivity contribution in [2.24, 2.45) is 0 Å². The van der Waals surface area contributed by atoms with E-state index in [2.05, 4.69) is 22.2 Å². The first-order valence-electron chi connectivity index (χ1n) is 12.4. The number of likely N-dealkylation sites (tertiary alicyclic amines) is 1. The van der Waals surface area contributed by atoms with Crippen LogP contribution in [0.15, 0.2) is 17.0 Å². The van der Waals surface area contributed by atoms with E-state index in [9.17, 15) is 13.2 Å². The molecule has 0 bridgehead atoms. The second kappa shape index (κ2) is 11.8. The van der Waals surface area contributed by atoms with Gasteiger partial charge in [0.05, 0.1) is 23.8 Å².